The number of benzene rings is 2. The molecule has 0 bridgehead atoms. The van der Waals surface area contributed by atoms with E-state index in [1.807, 2.05) is 38.1 Å². The predicted molar refractivity (Wildman–Crippen MR) is 92.6 cm³/mol. The van der Waals surface area contributed by atoms with Crippen LogP contribution in [-0.2, 0) is 6.61 Å². The van der Waals surface area contributed by atoms with Crippen molar-refractivity contribution in [1.82, 2.24) is 0 Å². The molecule has 2 N–H and O–H groups in total. The van der Waals surface area contributed by atoms with E-state index in [-0.39, 0.29) is 18.3 Å². The number of furan rings is 1. The Kier molecular flexibility index (Phi) is 4.27. The predicted octanol–water partition coefficient (Wildman–Crippen LogP) is 3.80. The summed E-state index contributed by atoms with van der Waals surface area (Å²) in [5, 5.41) is 13.0. The van der Waals surface area contributed by atoms with Crippen LogP contribution in [0.4, 0.5) is 5.69 Å². The van der Waals surface area contributed by atoms with Gasteiger partial charge in [0.1, 0.15) is 0 Å². The van der Waals surface area contributed by atoms with Crippen LogP contribution >= 0.6 is 0 Å². The topological polar surface area (TPSA) is 71.7 Å². The van der Waals surface area contributed by atoms with Crippen LogP contribution in [0.1, 0.15) is 27.2 Å². The molecular weight excluding hydrogens is 306 g/mol. The summed E-state index contributed by atoms with van der Waals surface area (Å²) in [5.41, 5.74) is 3.62. The molecule has 5 heteroatoms. The molecule has 3 rings (SSSR count). The van der Waals surface area contributed by atoms with Gasteiger partial charge in [-0.05, 0) is 37.1 Å². The zero-order chi connectivity index (χ0) is 17.3. The number of ether oxygens (including phenoxy) is 1. The van der Waals surface area contributed by atoms with Crippen LogP contribution in [0, 0.1) is 13.8 Å². The normalized spacial score (nSPS) is 10.8. The molecule has 0 atom stereocenters. The highest BCUT2D eigenvalue weighted by Crippen LogP contribution is 2.32. The van der Waals surface area contributed by atoms with Gasteiger partial charge in [0.25, 0.3) is 5.91 Å². The molecule has 1 heterocycles. The average molecular weight is 325 g/mol. The second kappa shape index (κ2) is 6.37. The lowest BCUT2D eigenvalue weighted by Crippen LogP contribution is -2.13. The van der Waals surface area contributed by atoms with Gasteiger partial charge in [0.05, 0.1) is 13.7 Å². The molecule has 0 saturated heterocycles. The Labute approximate surface area is 139 Å². The van der Waals surface area contributed by atoms with E-state index in [1.165, 1.54) is 0 Å². The van der Waals surface area contributed by atoms with Gasteiger partial charge in [0.15, 0.2) is 17.1 Å². The average Bonchev–Trinajstić information content (AvgIpc) is 2.94. The maximum atomic E-state index is 12.6. The molecule has 0 fully saturated rings. The second-order valence-corrected chi connectivity index (χ2v) is 5.65. The SMILES string of the molecule is COc1cccc2c(C)c(C(=O)Nc3cc(CO)ccc3C)oc12. The van der Waals surface area contributed by atoms with E-state index in [9.17, 15) is 9.90 Å². The van der Waals surface area contributed by atoms with Crippen LogP contribution in [0.15, 0.2) is 40.8 Å². The first-order chi connectivity index (χ1) is 11.5. The summed E-state index contributed by atoms with van der Waals surface area (Å²) in [7, 11) is 1.57. The summed E-state index contributed by atoms with van der Waals surface area (Å²) in [5.74, 6) is 0.514. The zero-order valence-corrected chi connectivity index (χ0v) is 13.8. The molecule has 0 saturated carbocycles. The standard InChI is InChI=1S/C19H19NO4/c1-11-7-8-13(10-21)9-15(11)20-19(22)17-12(2)14-5-4-6-16(23-3)18(14)24-17/h4-9,21H,10H2,1-3H3,(H,20,22). The third-order valence-electron chi connectivity index (χ3n) is 4.09. The smallest absolute Gasteiger partial charge is 0.291 e. The summed E-state index contributed by atoms with van der Waals surface area (Å²) in [6, 6.07) is 11.0. The summed E-state index contributed by atoms with van der Waals surface area (Å²) < 4.78 is 11.1. The quantitative estimate of drug-likeness (QED) is 0.765. The van der Waals surface area contributed by atoms with Gasteiger partial charge in [-0.1, -0.05) is 24.3 Å². The number of hydrogen-bond donors (Lipinski definition) is 2. The maximum absolute atomic E-state index is 12.6. The molecule has 2 aromatic carbocycles. The van der Waals surface area contributed by atoms with Crippen LogP contribution in [0.25, 0.3) is 11.0 Å². The Morgan fingerprint density at radius 3 is 2.75 bits per heavy atom. The molecule has 0 aliphatic rings. The highest BCUT2D eigenvalue weighted by atomic mass is 16.5. The minimum atomic E-state index is -0.330. The largest absolute Gasteiger partial charge is 0.493 e. The molecule has 1 aromatic heterocycles. The molecule has 5 nitrogen and oxygen atoms in total. The van der Waals surface area contributed by atoms with Gasteiger partial charge >= 0.3 is 0 Å². The fraction of sp³-hybridized carbons (Fsp3) is 0.211. The number of aliphatic hydroxyl groups is 1. The number of amides is 1. The van der Waals surface area contributed by atoms with Crippen molar-refractivity contribution < 1.29 is 19.1 Å². The minimum Gasteiger partial charge on any atom is -0.493 e. The number of para-hydroxylation sites is 1. The molecule has 0 spiro atoms. The molecule has 0 unspecified atom stereocenters. The Morgan fingerprint density at radius 2 is 2.04 bits per heavy atom. The number of fused-ring (bicyclic) bond motifs is 1. The Balaban J connectivity index is 1.99. The first-order valence-electron chi connectivity index (χ1n) is 7.63. The summed E-state index contributed by atoms with van der Waals surface area (Å²) >= 11 is 0. The van der Waals surface area contributed by atoms with Crippen LogP contribution in [0.2, 0.25) is 0 Å². The number of rotatable bonds is 4. The third-order valence-corrected chi connectivity index (χ3v) is 4.09. The van der Waals surface area contributed by atoms with Crippen molar-refractivity contribution in [1.29, 1.82) is 0 Å². The van der Waals surface area contributed by atoms with Crippen LogP contribution in [0.3, 0.4) is 0 Å². The van der Waals surface area contributed by atoms with Crippen molar-refractivity contribution in [3.63, 3.8) is 0 Å². The van der Waals surface area contributed by atoms with Crippen molar-refractivity contribution >= 4 is 22.6 Å². The first kappa shape index (κ1) is 16.1. The Hall–Kier alpha value is -2.79. The van der Waals surface area contributed by atoms with Gasteiger partial charge in [-0.3, -0.25) is 4.79 Å². The Morgan fingerprint density at radius 1 is 1.25 bits per heavy atom. The summed E-state index contributed by atoms with van der Waals surface area (Å²) in [6.45, 7) is 3.66. The monoisotopic (exact) mass is 325 g/mol. The molecule has 1 amide bonds. The highest BCUT2D eigenvalue weighted by Gasteiger charge is 2.20. The fourth-order valence-corrected chi connectivity index (χ4v) is 2.68. The molecule has 124 valence electrons. The molecule has 24 heavy (non-hydrogen) atoms. The van der Waals surface area contributed by atoms with Gasteiger partial charge < -0.3 is 19.6 Å². The number of carbonyl (C=O) groups is 1. The summed E-state index contributed by atoms with van der Waals surface area (Å²) in [6.07, 6.45) is 0. The maximum Gasteiger partial charge on any atom is 0.291 e. The van der Waals surface area contributed by atoms with Crippen LogP contribution < -0.4 is 10.1 Å². The van der Waals surface area contributed by atoms with Gasteiger partial charge in [-0.2, -0.15) is 0 Å². The van der Waals surface area contributed by atoms with E-state index in [0.29, 0.717) is 17.0 Å². The van der Waals surface area contributed by atoms with E-state index < -0.39 is 0 Å². The van der Waals surface area contributed by atoms with Crippen molar-refractivity contribution in [2.75, 3.05) is 12.4 Å². The van der Waals surface area contributed by atoms with Crippen molar-refractivity contribution in [3.8, 4) is 5.75 Å². The number of carbonyl (C=O) groups excluding carboxylic acids is 1. The van der Waals surface area contributed by atoms with Crippen LogP contribution in [-0.4, -0.2) is 18.1 Å². The first-order valence-corrected chi connectivity index (χ1v) is 7.63. The van der Waals surface area contributed by atoms with Crippen molar-refractivity contribution in [2.24, 2.45) is 0 Å². The number of anilines is 1. The van der Waals surface area contributed by atoms with E-state index in [2.05, 4.69) is 5.32 Å². The van der Waals surface area contributed by atoms with E-state index in [4.69, 9.17) is 9.15 Å². The van der Waals surface area contributed by atoms with Gasteiger partial charge in [0.2, 0.25) is 0 Å². The molecule has 3 aromatic rings. The lowest BCUT2D eigenvalue weighted by molar-refractivity contribution is 0.0997. The highest BCUT2D eigenvalue weighted by molar-refractivity contribution is 6.07. The number of methoxy groups -OCH3 is 1. The third kappa shape index (κ3) is 2.74. The number of aliphatic hydroxyl groups excluding tert-OH is 1. The second-order valence-electron chi connectivity index (χ2n) is 5.65. The Bertz CT molecular complexity index is 911. The number of hydrogen-bond acceptors (Lipinski definition) is 4. The number of nitrogens with one attached hydrogen (secondary N) is 1. The van der Waals surface area contributed by atoms with E-state index in [1.54, 1.807) is 19.2 Å². The van der Waals surface area contributed by atoms with Crippen molar-refractivity contribution in [3.05, 3.63) is 58.8 Å². The lowest BCUT2D eigenvalue weighted by atomic mass is 10.1. The molecule has 0 radical (unpaired) electrons. The van der Waals surface area contributed by atoms with Gasteiger partial charge in [0, 0.05) is 16.6 Å². The lowest BCUT2D eigenvalue weighted by Gasteiger charge is -2.09. The fourth-order valence-electron chi connectivity index (χ4n) is 2.68. The minimum absolute atomic E-state index is 0.0794. The van der Waals surface area contributed by atoms with E-state index >= 15 is 0 Å². The molecule has 0 aliphatic carbocycles. The summed E-state index contributed by atoms with van der Waals surface area (Å²) in [4.78, 5) is 12.6. The van der Waals surface area contributed by atoms with Gasteiger partial charge in [-0.15, -0.1) is 0 Å². The molecular formula is C19H19NO4. The van der Waals surface area contributed by atoms with Crippen LogP contribution in [0.5, 0.6) is 5.75 Å². The van der Waals surface area contributed by atoms with Crippen molar-refractivity contribution in [2.45, 2.75) is 20.5 Å². The number of aryl methyl sites for hydroxylation is 2. The van der Waals surface area contributed by atoms with E-state index in [0.717, 1.165) is 22.1 Å². The zero-order valence-electron chi connectivity index (χ0n) is 13.8. The molecule has 0 aliphatic heterocycles. The van der Waals surface area contributed by atoms with Gasteiger partial charge in [-0.25, -0.2) is 0 Å².